The number of rotatable bonds is 5. The molecule has 1 N–H and O–H groups in total. The molecule has 1 amide bonds. The number of hydrogen-bond donors (Lipinski definition) is 1. The molecule has 0 aliphatic rings. The lowest BCUT2D eigenvalue weighted by atomic mass is 10.0. The van der Waals surface area contributed by atoms with E-state index in [1.807, 2.05) is 42.5 Å². The molecule has 0 aliphatic carbocycles. The third-order valence-corrected chi connectivity index (χ3v) is 4.13. The topological polar surface area (TPSA) is 64.6 Å². The number of fused-ring (bicyclic) bond motifs is 1. The average molecular weight is 361 g/mol. The van der Waals surface area contributed by atoms with Gasteiger partial charge in [-0.05, 0) is 46.7 Å². The van der Waals surface area contributed by atoms with Gasteiger partial charge in [-0.15, -0.1) is 0 Å². The molecular weight excluding hydrogens is 342 g/mol. The van der Waals surface area contributed by atoms with Gasteiger partial charge in [0.25, 0.3) is 5.91 Å². The number of nitrogens with one attached hydrogen (secondary N) is 1. The molecule has 0 saturated heterocycles. The Hall–Kier alpha value is -3.60. The van der Waals surface area contributed by atoms with Crippen molar-refractivity contribution in [3.63, 3.8) is 0 Å². The van der Waals surface area contributed by atoms with E-state index in [1.165, 1.54) is 7.11 Å². The van der Waals surface area contributed by atoms with Crippen LogP contribution in [0, 0.1) is 0 Å². The van der Waals surface area contributed by atoms with Crippen molar-refractivity contribution in [1.82, 2.24) is 5.32 Å². The van der Waals surface area contributed by atoms with Crippen LogP contribution in [0.4, 0.5) is 0 Å². The van der Waals surface area contributed by atoms with Crippen molar-refractivity contribution in [2.45, 2.75) is 0 Å². The lowest BCUT2D eigenvalue weighted by Crippen LogP contribution is -2.28. The zero-order chi connectivity index (χ0) is 19.2. The van der Waals surface area contributed by atoms with Crippen molar-refractivity contribution >= 4 is 28.7 Å². The van der Waals surface area contributed by atoms with Crippen LogP contribution in [0.15, 0.2) is 72.4 Å². The molecule has 0 fully saturated rings. The second-order valence-electron chi connectivity index (χ2n) is 5.80. The highest BCUT2D eigenvalue weighted by atomic mass is 16.5. The molecule has 27 heavy (non-hydrogen) atoms. The molecule has 0 saturated carbocycles. The molecule has 0 bridgehead atoms. The van der Waals surface area contributed by atoms with Gasteiger partial charge >= 0.3 is 5.97 Å². The van der Waals surface area contributed by atoms with Gasteiger partial charge in [0.2, 0.25) is 0 Å². The summed E-state index contributed by atoms with van der Waals surface area (Å²) in [5.74, 6) is -0.384. The number of methoxy groups -OCH3 is 2. The summed E-state index contributed by atoms with van der Waals surface area (Å²) in [5, 5.41) is 4.65. The van der Waals surface area contributed by atoms with E-state index in [1.54, 1.807) is 37.5 Å². The van der Waals surface area contributed by atoms with Gasteiger partial charge in [0.1, 0.15) is 11.4 Å². The van der Waals surface area contributed by atoms with E-state index in [2.05, 4.69) is 5.32 Å². The van der Waals surface area contributed by atoms with E-state index >= 15 is 0 Å². The van der Waals surface area contributed by atoms with E-state index in [0.29, 0.717) is 11.3 Å². The monoisotopic (exact) mass is 361 g/mol. The molecule has 136 valence electrons. The van der Waals surface area contributed by atoms with Crippen molar-refractivity contribution in [3.8, 4) is 5.75 Å². The van der Waals surface area contributed by atoms with Crippen LogP contribution in [0.5, 0.6) is 5.75 Å². The van der Waals surface area contributed by atoms with Gasteiger partial charge in [-0.25, -0.2) is 4.79 Å². The molecule has 0 atom stereocenters. The van der Waals surface area contributed by atoms with Crippen LogP contribution < -0.4 is 10.1 Å². The van der Waals surface area contributed by atoms with E-state index in [9.17, 15) is 9.59 Å². The lowest BCUT2D eigenvalue weighted by Gasteiger charge is -2.10. The average Bonchev–Trinajstić information content (AvgIpc) is 2.72. The first kappa shape index (κ1) is 18.2. The normalized spacial score (nSPS) is 11.1. The van der Waals surface area contributed by atoms with E-state index in [-0.39, 0.29) is 5.70 Å². The molecule has 0 aromatic heterocycles. The Bertz CT molecular complexity index is 1000. The SMILES string of the molecule is COC(=O)/C(=C/c1cccc2ccccc12)NC(=O)c1ccc(OC)cc1. The number of amides is 1. The van der Waals surface area contributed by atoms with Gasteiger partial charge in [-0.1, -0.05) is 42.5 Å². The minimum atomic E-state index is -0.621. The zero-order valence-corrected chi connectivity index (χ0v) is 15.1. The molecule has 3 rings (SSSR count). The van der Waals surface area contributed by atoms with Crippen LogP contribution in [-0.2, 0) is 9.53 Å². The highest BCUT2D eigenvalue weighted by Gasteiger charge is 2.15. The fourth-order valence-electron chi connectivity index (χ4n) is 2.72. The summed E-state index contributed by atoms with van der Waals surface area (Å²) in [5.41, 5.74) is 1.28. The van der Waals surface area contributed by atoms with Crippen LogP contribution in [0.2, 0.25) is 0 Å². The predicted octanol–water partition coefficient (Wildman–Crippen LogP) is 3.79. The third-order valence-electron chi connectivity index (χ3n) is 4.13. The van der Waals surface area contributed by atoms with Crippen molar-refractivity contribution < 1.29 is 19.1 Å². The first-order chi connectivity index (χ1) is 13.1. The van der Waals surface area contributed by atoms with Crippen LogP contribution in [0.3, 0.4) is 0 Å². The Morgan fingerprint density at radius 3 is 2.30 bits per heavy atom. The number of esters is 1. The van der Waals surface area contributed by atoms with Crippen molar-refractivity contribution in [1.29, 1.82) is 0 Å². The summed E-state index contributed by atoms with van der Waals surface area (Å²) in [4.78, 5) is 24.7. The molecule has 3 aromatic rings. The Morgan fingerprint density at radius 2 is 1.59 bits per heavy atom. The molecule has 0 spiro atoms. The highest BCUT2D eigenvalue weighted by molar-refractivity contribution is 6.04. The Morgan fingerprint density at radius 1 is 0.889 bits per heavy atom. The number of hydrogen-bond acceptors (Lipinski definition) is 4. The summed E-state index contributed by atoms with van der Waals surface area (Å²) >= 11 is 0. The summed E-state index contributed by atoms with van der Waals surface area (Å²) in [6, 6.07) is 20.2. The molecule has 5 nitrogen and oxygen atoms in total. The maximum absolute atomic E-state index is 12.5. The van der Waals surface area contributed by atoms with Crippen molar-refractivity contribution in [3.05, 3.63) is 83.6 Å². The fraction of sp³-hybridized carbons (Fsp3) is 0.0909. The molecule has 3 aromatic carbocycles. The minimum absolute atomic E-state index is 0.0645. The Balaban J connectivity index is 1.94. The summed E-state index contributed by atoms with van der Waals surface area (Å²) in [7, 11) is 2.83. The largest absolute Gasteiger partial charge is 0.497 e. The number of benzene rings is 3. The first-order valence-corrected chi connectivity index (χ1v) is 8.35. The van der Waals surface area contributed by atoms with Gasteiger partial charge in [-0.2, -0.15) is 0 Å². The number of ether oxygens (including phenoxy) is 2. The standard InChI is InChI=1S/C22H19NO4/c1-26-18-12-10-16(11-13-18)21(24)23-20(22(25)27-2)14-17-8-5-7-15-6-3-4-9-19(15)17/h3-14H,1-2H3,(H,23,24)/b20-14-. The second-order valence-corrected chi connectivity index (χ2v) is 5.80. The predicted molar refractivity (Wildman–Crippen MR) is 104 cm³/mol. The molecular formula is C22H19NO4. The smallest absolute Gasteiger partial charge is 0.354 e. The minimum Gasteiger partial charge on any atom is -0.497 e. The maximum Gasteiger partial charge on any atom is 0.354 e. The molecule has 0 radical (unpaired) electrons. The maximum atomic E-state index is 12.5. The van der Waals surface area contributed by atoms with Crippen molar-refractivity contribution in [2.75, 3.05) is 14.2 Å². The number of carbonyl (C=O) groups excluding carboxylic acids is 2. The van der Waals surface area contributed by atoms with E-state index in [4.69, 9.17) is 9.47 Å². The first-order valence-electron chi connectivity index (χ1n) is 8.35. The fourth-order valence-corrected chi connectivity index (χ4v) is 2.72. The van der Waals surface area contributed by atoms with E-state index in [0.717, 1.165) is 16.3 Å². The summed E-state index contributed by atoms with van der Waals surface area (Å²) in [6.07, 6.45) is 1.62. The van der Waals surface area contributed by atoms with Crippen LogP contribution in [0.1, 0.15) is 15.9 Å². The molecule has 0 heterocycles. The lowest BCUT2D eigenvalue weighted by molar-refractivity contribution is -0.136. The van der Waals surface area contributed by atoms with E-state index < -0.39 is 11.9 Å². The van der Waals surface area contributed by atoms with Gasteiger partial charge in [0.05, 0.1) is 14.2 Å². The third kappa shape index (κ3) is 4.15. The molecule has 0 aliphatic heterocycles. The Kier molecular flexibility index (Phi) is 5.52. The van der Waals surface area contributed by atoms with Gasteiger partial charge in [0.15, 0.2) is 0 Å². The summed E-state index contributed by atoms with van der Waals surface area (Å²) < 4.78 is 9.92. The molecule has 0 unspecified atom stereocenters. The van der Waals surface area contributed by atoms with Crippen LogP contribution >= 0.6 is 0 Å². The Labute approximate surface area is 157 Å². The van der Waals surface area contributed by atoms with Crippen molar-refractivity contribution in [2.24, 2.45) is 0 Å². The zero-order valence-electron chi connectivity index (χ0n) is 15.1. The van der Waals surface area contributed by atoms with Gasteiger partial charge < -0.3 is 14.8 Å². The number of carbonyl (C=O) groups is 2. The quantitative estimate of drug-likeness (QED) is 0.555. The molecule has 5 heteroatoms. The highest BCUT2D eigenvalue weighted by Crippen LogP contribution is 2.21. The van der Waals surface area contributed by atoms with Gasteiger partial charge in [-0.3, -0.25) is 4.79 Å². The van der Waals surface area contributed by atoms with Crippen LogP contribution in [0.25, 0.3) is 16.8 Å². The second kappa shape index (κ2) is 8.19. The van der Waals surface area contributed by atoms with Crippen LogP contribution in [-0.4, -0.2) is 26.1 Å². The summed E-state index contributed by atoms with van der Waals surface area (Å²) in [6.45, 7) is 0. The van der Waals surface area contributed by atoms with Gasteiger partial charge in [0, 0.05) is 5.56 Å².